The van der Waals surface area contributed by atoms with Crippen molar-refractivity contribution in [3.05, 3.63) is 49.3 Å². The topological polar surface area (TPSA) is 40.5 Å². The molecule has 0 aliphatic carbocycles. The molecule has 1 fully saturated rings. The number of likely N-dealkylation sites (tertiary alicyclic amines) is 1. The Morgan fingerprint density at radius 2 is 2.12 bits per heavy atom. The number of carbonyl (C=O) groups is 1. The standard InChI is InChI=1S/C19H22ClNO2S2/c1-13-6-10-24-17(13)15(18-16(20)7-11-25-18)5-3-9-21-8-2-4-14(12-21)19(22)23/h5-7,10-11,14H,2-4,8-9,12H2,1H3,(H,22,23). The molecule has 1 saturated heterocycles. The number of hydrogen-bond acceptors (Lipinski definition) is 4. The van der Waals surface area contributed by atoms with Crippen molar-refractivity contribution in [1.82, 2.24) is 4.90 Å². The van der Waals surface area contributed by atoms with Gasteiger partial charge in [0.05, 0.1) is 15.8 Å². The van der Waals surface area contributed by atoms with E-state index >= 15 is 0 Å². The Morgan fingerprint density at radius 3 is 2.76 bits per heavy atom. The molecular weight excluding hydrogens is 374 g/mol. The third-order valence-corrected chi connectivity index (χ3v) is 7.04. The second-order valence-electron chi connectivity index (χ2n) is 6.41. The van der Waals surface area contributed by atoms with Crippen LogP contribution in [0.4, 0.5) is 0 Å². The molecule has 1 aliphatic heterocycles. The van der Waals surface area contributed by atoms with Crippen LogP contribution in [0.25, 0.3) is 5.57 Å². The van der Waals surface area contributed by atoms with Crippen molar-refractivity contribution in [2.75, 3.05) is 19.6 Å². The molecule has 2 aromatic heterocycles. The minimum Gasteiger partial charge on any atom is -0.481 e. The summed E-state index contributed by atoms with van der Waals surface area (Å²) in [6.07, 6.45) is 4.93. The van der Waals surface area contributed by atoms with E-state index in [4.69, 9.17) is 11.6 Å². The zero-order chi connectivity index (χ0) is 17.8. The monoisotopic (exact) mass is 395 g/mol. The van der Waals surface area contributed by atoms with E-state index in [1.54, 1.807) is 22.7 Å². The zero-order valence-corrected chi connectivity index (χ0v) is 16.6. The van der Waals surface area contributed by atoms with Crippen LogP contribution in [0.1, 0.15) is 34.6 Å². The third-order valence-electron chi connectivity index (χ3n) is 4.62. The zero-order valence-electron chi connectivity index (χ0n) is 14.2. The molecule has 0 amide bonds. The summed E-state index contributed by atoms with van der Waals surface area (Å²) in [5.41, 5.74) is 2.48. The van der Waals surface area contributed by atoms with E-state index in [1.807, 2.05) is 11.4 Å². The second kappa shape index (κ2) is 8.49. The van der Waals surface area contributed by atoms with E-state index in [0.717, 1.165) is 42.3 Å². The van der Waals surface area contributed by atoms with E-state index in [1.165, 1.54) is 16.0 Å². The number of hydrogen-bond donors (Lipinski definition) is 1. The first kappa shape index (κ1) is 18.6. The van der Waals surface area contributed by atoms with Crippen LogP contribution < -0.4 is 0 Å². The summed E-state index contributed by atoms with van der Waals surface area (Å²) < 4.78 is 0. The van der Waals surface area contributed by atoms with Gasteiger partial charge in [-0.2, -0.15) is 0 Å². The summed E-state index contributed by atoms with van der Waals surface area (Å²) in [4.78, 5) is 15.9. The third kappa shape index (κ3) is 4.53. The van der Waals surface area contributed by atoms with Crippen LogP contribution in [0.2, 0.25) is 5.02 Å². The van der Waals surface area contributed by atoms with Gasteiger partial charge in [0.15, 0.2) is 0 Å². The summed E-state index contributed by atoms with van der Waals surface area (Å²) in [5.74, 6) is -0.885. The minimum atomic E-state index is -0.666. The maximum absolute atomic E-state index is 11.2. The molecule has 134 valence electrons. The Balaban J connectivity index is 1.73. The SMILES string of the molecule is Cc1ccsc1C(=CCCN1CCCC(C(=O)O)C1)c1sccc1Cl. The lowest BCUT2D eigenvalue weighted by Gasteiger charge is -2.30. The minimum absolute atomic E-state index is 0.219. The summed E-state index contributed by atoms with van der Waals surface area (Å²) >= 11 is 9.80. The molecule has 0 radical (unpaired) electrons. The summed E-state index contributed by atoms with van der Waals surface area (Å²) in [7, 11) is 0. The van der Waals surface area contributed by atoms with Crippen LogP contribution in [0.15, 0.2) is 29.0 Å². The van der Waals surface area contributed by atoms with Gasteiger partial charge in [0.25, 0.3) is 0 Å². The van der Waals surface area contributed by atoms with E-state index < -0.39 is 5.97 Å². The number of aryl methyl sites for hydroxylation is 1. The molecule has 6 heteroatoms. The van der Waals surface area contributed by atoms with E-state index in [0.29, 0.717) is 6.54 Å². The molecule has 0 spiro atoms. The molecule has 1 atom stereocenters. The van der Waals surface area contributed by atoms with Crippen molar-refractivity contribution < 1.29 is 9.90 Å². The van der Waals surface area contributed by atoms with Crippen molar-refractivity contribution >= 4 is 45.8 Å². The fourth-order valence-electron chi connectivity index (χ4n) is 3.27. The first-order valence-electron chi connectivity index (χ1n) is 8.49. The maximum atomic E-state index is 11.2. The normalized spacial score (nSPS) is 19.3. The van der Waals surface area contributed by atoms with Crippen molar-refractivity contribution in [3.63, 3.8) is 0 Å². The smallest absolute Gasteiger partial charge is 0.307 e. The lowest BCUT2D eigenvalue weighted by molar-refractivity contribution is -0.143. The summed E-state index contributed by atoms with van der Waals surface area (Å²) in [6, 6.07) is 4.08. The fourth-order valence-corrected chi connectivity index (χ4v) is 5.52. The number of halogens is 1. The maximum Gasteiger partial charge on any atom is 0.307 e. The largest absolute Gasteiger partial charge is 0.481 e. The van der Waals surface area contributed by atoms with E-state index in [2.05, 4.69) is 29.3 Å². The van der Waals surface area contributed by atoms with Gasteiger partial charge >= 0.3 is 5.97 Å². The van der Waals surface area contributed by atoms with Crippen molar-refractivity contribution in [1.29, 1.82) is 0 Å². The van der Waals surface area contributed by atoms with Gasteiger partial charge in [-0.15, -0.1) is 22.7 Å². The molecule has 3 heterocycles. The van der Waals surface area contributed by atoms with Gasteiger partial charge in [-0.25, -0.2) is 0 Å². The van der Waals surface area contributed by atoms with Gasteiger partial charge in [-0.05, 0) is 61.2 Å². The van der Waals surface area contributed by atoms with Crippen LogP contribution in [-0.2, 0) is 4.79 Å². The van der Waals surface area contributed by atoms with Crippen molar-refractivity contribution in [3.8, 4) is 0 Å². The molecule has 1 aliphatic rings. The highest BCUT2D eigenvalue weighted by Gasteiger charge is 2.24. The van der Waals surface area contributed by atoms with Gasteiger partial charge in [0.1, 0.15) is 0 Å². The Morgan fingerprint density at radius 1 is 1.36 bits per heavy atom. The van der Waals surface area contributed by atoms with Gasteiger partial charge < -0.3 is 10.0 Å². The Labute approximate surface area is 161 Å². The average Bonchev–Trinajstić information content (AvgIpc) is 3.21. The number of nitrogens with zero attached hydrogens (tertiary/aromatic N) is 1. The molecule has 0 aromatic carbocycles. The van der Waals surface area contributed by atoms with Crippen LogP contribution >= 0.6 is 34.3 Å². The average molecular weight is 396 g/mol. The van der Waals surface area contributed by atoms with Crippen LogP contribution in [0.3, 0.4) is 0 Å². The highest BCUT2D eigenvalue weighted by Crippen LogP contribution is 2.37. The highest BCUT2D eigenvalue weighted by molar-refractivity contribution is 7.14. The molecule has 3 rings (SSSR count). The van der Waals surface area contributed by atoms with Gasteiger partial charge in [0, 0.05) is 23.5 Å². The predicted octanol–water partition coefficient (Wildman–Crippen LogP) is 5.39. The first-order chi connectivity index (χ1) is 12.1. The Kier molecular flexibility index (Phi) is 6.34. The van der Waals surface area contributed by atoms with Gasteiger partial charge in [-0.1, -0.05) is 17.7 Å². The number of rotatable bonds is 6. The molecule has 1 unspecified atom stereocenters. The quantitative estimate of drug-likeness (QED) is 0.712. The highest BCUT2D eigenvalue weighted by atomic mass is 35.5. The van der Waals surface area contributed by atoms with Crippen LogP contribution in [-0.4, -0.2) is 35.6 Å². The Hall–Kier alpha value is -1.14. The lowest BCUT2D eigenvalue weighted by Crippen LogP contribution is -2.39. The molecule has 2 aromatic rings. The number of aliphatic carboxylic acids is 1. The molecule has 25 heavy (non-hydrogen) atoms. The number of thiophene rings is 2. The van der Waals surface area contributed by atoms with E-state index in [9.17, 15) is 9.90 Å². The van der Waals surface area contributed by atoms with Crippen LogP contribution in [0.5, 0.6) is 0 Å². The van der Waals surface area contributed by atoms with Crippen LogP contribution in [0, 0.1) is 12.8 Å². The first-order valence-corrected chi connectivity index (χ1v) is 10.6. The summed E-state index contributed by atoms with van der Waals surface area (Å²) in [5, 5.41) is 14.2. The second-order valence-corrected chi connectivity index (χ2v) is 8.65. The van der Waals surface area contributed by atoms with Crippen molar-refractivity contribution in [2.24, 2.45) is 5.92 Å². The molecule has 3 nitrogen and oxygen atoms in total. The predicted molar refractivity (Wildman–Crippen MR) is 107 cm³/mol. The lowest BCUT2D eigenvalue weighted by atomic mass is 9.98. The van der Waals surface area contributed by atoms with E-state index in [-0.39, 0.29) is 5.92 Å². The fraction of sp³-hybridized carbons (Fsp3) is 0.421. The number of carboxylic acid groups (broad SMARTS) is 1. The molecule has 0 saturated carbocycles. The number of piperidine rings is 1. The summed E-state index contributed by atoms with van der Waals surface area (Å²) in [6.45, 7) is 4.67. The Bertz CT molecular complexity index is 723. The van der Waals surface area contributed by atoms with Gasteiger partial charge in [0.2, 0.25) is 0 Å². The van der Waals surface area contributed by atoms with Crippen molar-refractivity contribution in [2.45, 2.75) is 26.2 Å². The molecular formula is C19H22ClNO2S2. The van der Waals surface area contributed by atoms with Gasteiger partial charge in [-0.3, -0.25) is 4.79 Å². The number of carboxylic acids is 1. The molecule has 1 N–H and O–H groups in total. The molecule has 0 bridgehead atoms.